The highest BCUT2D eigenvalue weighted by Gasteiger charge is 2.24. The van der Waals surface area contributed by atoms with Gasteiger partial charge in [-0.05, 0) is 90.8 Å². The van der Waals surface area contributed by atoms with E-state index in [9.17, 15) is 9.90 Å². The molecule has 2 aromatic carbocycles. The molecule has 5 rings (SSSR count). The van der Waals surface area contributed by atoms with Crippen molar-refractivity contribution in [2.24, 2.45) is 0 Å². The number of ether oxygens (including phenoxy) is 2. The van der Waals surface area contributed by atoms with Crippen LogP contribution in [0.4, 0.5) is 0 Å². The zero-order valence-electron chi connectivity index (χ0n) is 19.8. The van der Waals surface area contributed by atoms with Crippen molar-refractivity contribution >= 4 is 28.2 Å². The van der Waals surface area contributed by atoms with Crippen LogP contribution >= 0.6 is 11.3 Å². The molecule has 7 heteroatoms. The monoisotopic (exact) mass is 490 g/mol. The molecule has 0 amide bonds. The van der Waals surface area contributed by atoms with Crippen molar-refractivity contribution in [1.82, 2.24) is 9.88 Å². The van der Waals surface area contributed by atoms with Crippen LogP contribution < -0.4 is 9.47 Å². The van der Waals surface area contributed by atoms with Crippen LogP contribution in [0.2, 0.25) is 0 Å². The Morgan fingerprint density at radius 2 is 1.97 bits per heavy atom. The number of carbonyl (C=O) groups is 1. The Hall–Kier alpha value is -3.29. The number of aromatic nitrogens is 1. The molecule has 0 radical (unpaired) electrons. The molecular weight excluding hydrogens is 460 g/mol. The smallest absolute Gasteiger partial charge is 0.336 e. The van der Waals surface area contributed by atoms with Gasteiger partial charge in [-0.15, -0.1) is 11.3 Å². The van der Waals surface area contributed by atoms with Crippen molar-refractivity contribution in [2.45, 2.75) is 31.7 Å². The van der Waals surface area contributed by atoms with E-state index in [0.29, 0.717) is 30.4 Å². The van der Waals surface area contributed by atoms with Gasteiger partial charge in [0.15, 0.2) is 0 Å². The van der Waals surface area contributed by atoms with Crippen molar-refractivity contribution in [3.05, 3.63) is 81.7 Å². The van der Waals surface area contributed by atoms with Crippen molar-refractivity contribution in [1.29, 1.82) is 0 Å². The average Bonchev–Trinajstić information content (AvgIpc) is 3.54. The van der Waals surface area contributed by atoms with Gasteiger partial charge in [-0.2, -0.15) is 0 Å². The Morgan fingerprint density at radius 3 is 2.71 bits per heavy atom. The van der Waals surface area contributed by atoms with Gasteiger partial charge in [0.05, 0.1) is 19.3 Å². The van der Waals surface area contributed by atoms with Gasteiger partial charge >= 0.3 is 5.97 Å². The van der Waals surface area contributed by atoms with Crippen molar-refractivity contribution in [3.63, 3.8) is 0 Å². The number of hydrogen-bond acceptors (Lipinski definition) is 5. The molecule has 0 spiro atoms. The Kier molecular flexibility index (Phi) is 7.06. The fourth-order valence-corrected chi connectivity index (χ4v) is 5.64. The minimum Gasteiger partial charge on any atom is -0.497 e. The molecule has 2 N–H and O–H groups in total. The van der Waals surface area contributed by atoms with Crippen molar-refractivity contribution in [3.8, 4) is 11.5 Å². The minimum atomic E-state index is -0.898. The lowest BCUT2D eigenvalue weighted by Crippen LogP contribution is -2.33. The number of aromatic amines is 1. The number of rotatable bonds is 9. The molecule has 3 heterocycles. The molecule has 0 aliphatic carbocycles. The maximum atomic E-state index is 11.7. The number of H-pyrrole nitrogens is 1. The maximum absolute atomic E-state index is 11.7. The normalized spacial score (nSPS) is 14.9. The molecule has 0 unspecified atom stereocenters. The zero-order chi connectivity index (χ0) is 24.2. The molecule has 35 heavy (non-hydrogen) atoms. The van der Waals surface area contributed by atoms with Gasteiger partial charge in [-0.1, -0.05) is 6.07 Å². The van der Waals surface area contributed by atoms with Crippen LogP contribution in [-0.2, 0) is 13.0 Å². The predicted octanol–water partition coefficient (Wildman–Crippen LogP) is 5.94. The lowest BCUT2D eigenvalue weighted by atomic mass is 9.89. The molecule has 4 aromatic rings. The van der Waals surface area contributed by atoms with E-state index in [1.165, 1.54) is 15.8 Å². The van der Waals surface area contributed by atoms with Gasteiger partial charge < -0.3 is 19.6 Å². The molecule has 0 saturated carbocycles. The number of thiophene rings is 1. The summed E-state index contributed by atoms with van der Waals surface area (Å²) in [5, 5.41) is 12.9. The summed E-state index contributed by atoms with van der Waals surface area (Å²) in [5.41, 5.74) is 3.62. The van der Waals surface area contributed by atoms with E-state index in [2.05, 4.69) is 45.7 Å². The number of carboxylic acid groups (broad SMARTS) is 1. The first-order valence-corrected chi connectivity index (χ1v) is 12.9. The molecule has 182 valence electrons. The molecular formula is C28H30N2O4S. The summed E-state index contributed by atoms with van der Waals surface area (Å²) in [5.74, 6) is 1.16. The number of carboxylic acids is 1. The third-order valence-electron chi connectivity index (χ3n) is 6.85. The molecule has 2 aromatic heterocycles. The standard InChI is InChI=1S/C28H30N2O4S/c1-33-21-4-6-24(28(31)32)20(15-21)18-30-11-8-19(9-12-30)26-17-29-27-7-5-22(16-25(26)27)34-13-10-23-3-2-14-35-23/h2-7,14-17,19,29H,8-13,18H2,1H3,(H,31,32). The van der Waals surface area contributed by atoms with E-state index in [-0.39, 0.29) is 0 Å². The van der Waals surface area contributed by atoms with Gasteiger partial charge in [0.1, 0.15) is 11.5 Å². The van der Waals surface area contributed by atoms with Crippen LogP contribution in [0.3, 0.4) is 0 Å². The number of piperidine rings is 1. The number of nitrogens with one attached hydrogen (secondary N) is 1. The van der Waals surface area contributed by atoms with Crippen LogP contribution in [0, 0.1) is 0 Å². The number of fused-ring (bicyclic) bond motifs is 1. The Bertz CT molecular complexity index is 1290. The highest BCUT2D eigenvalue weighted by atomic mass is 32.1. The van der Waals surface area contributed by atoms with Gasteiger partial charge in [0.25, 0.3) is 0 Å². The van der Waals surface area contributed by atoms with Gasteiger partial charge in [0.2, 0.25) is 0 Å². The zero-order valence-corrected chi connectivity index (χ0v) is 20.6. The summed E-state index contributed by atoms with van der Waals surface area (Å²) >= 11 is 1.76. The summed E-state index contributed by atoms with van der Waals surface area (Å²) < 4.78 is 11.4. The number of aromatic carboxylic acids is 1. The summed E-state index contributed by atoms with van der Waals surface area (Å²) in [6, 6.07) is 15.7. The van der Waals surface area contributed by atoms with E-state index in [0.717, 1.165) is 49.2 Å². The van der Waals surface area contributed by atoms with E-state index < -0.39 is 5.97 Å². The summed E-state index contributed by atoms with van der Waals surface area (Å²) in [6.45, 7) is 3.13. The second kappa shape index (κ2) is 10.5. The number of benzene rings is 2. The van der Waals surface area contributed by atoms with Crippen LogP contribution in [0.25, 0.3) is 10.9 Å². The average molecular weight is 491 g/mol. The van der Waals surface area contributed by atoms with E-state index in [4.69, 9.17) is 9.47 Å². The van der Waals surface area contributed by atoms with Crippen LogP contribution in [0.15, 0.2) is 60.1 Å². The number of hydrogen-bond donors (Lipinski definition) is 2. The van der Waals surface area contributed by atoms with Crippen LogP contribution in [0.1, 0.15) is 45.1 Å². The summed E-state index contributed by atoms with van der Waals surface area (Å²) in [7, 11) is 1.60. The van der Waals surface area contributed by atoms with Crippen molar-refractivity contribution in [2.75, 3.05) is 26.8 Å². The Morgan fingerprint density at radius 1 is 1.14 bits per heavy atom. The first kappa shape index (κ1) is 23.5. The minimum absolute atomic E-state index is 0.344. The lowest BCUT2D eigenvalue weighted by molar-refractivity contribution is 0.0694. The largest absolute Gasteiger partial charge is 0.497 e. The van der Waals surface area contributed by atoms with E-state index >= 15 is 0 Å². The Balaban J connectivity index is 1.23. The van der Waals surface area contributed by atoms with Crippen LogP contribution in [0.5, 0.6) is 11.5 Å². The molecule has 1 aliphatic heterocycles. The summed E-state index contributed by atoms with van der Waals surface area (Å²) in [6.07, 6.45) is 5.13. The topological polar surface area (TPSA) is 74.8 Å². The number of methoxy groups -OCH3 is 1. The number of nitrogens with zero attached hydrogens (tertiary/aromatic N) is 1. The molecule has 1 fully saturated rings. The maximum Gasteiger partial charge on any atom is 0.336 e. The molecule has 0 bridgehead atoms. The van der Waals surface area contributed by atoms with Gasteiger partial charge in [0, 0.05) is 34.9 Å². The first-order chi connectivity index (χ1) is 17.1. The van der Waals surface area contributed by atoms with Gasteiger partial charge in [-0.3, -0.25) is 4.90 Å². The highest BCUT2D eigenvalue weighted by molar-refractivity contribution is 7.09. The molecule has 6 nitrogen and oxygen atoms in total. The fourth-order valence-electron chi connectivity index (χ4n) is 4.95. The highest BCUT2D eigenvalue weighted by Crippen LogP contribution is 2.35. The third kappa shape index (κ3) is 5.36. The van der Waals surface area contributed by atoms with Crippen LogP contribution in [-0.4, -0.2) is 47.8 Å². The first-order valence-electron chi connectivity index (χ1n) is 12.0. The quantitative estimate of drug-likeness (QED) is 0.304. The third-order valence-corrected chi connectivity index (χ3v) is 7.78. The van der Waals surface area contributed by atoms with Gasteiger partial charge in [-0.25, -0.2) is 4.79 Å². The SMILES string of the molecule is COc1ccc(C(=O)O)c(CN2CCC(c3c[nH]c4ccc(OCCc5cccs5)cc34)CC2)c1. The Labute approximate surface area is 209 Å². The molecule has 1 saturated heterocycles. The second-order valence-electron chi connectivity index (χ2n) is 9.01. The number of likely N-dealkylation sites (tertiary alicyclic amines) is 1. The summed E-state index contributed by atoms with van der Waals surface area (Å²) in [4.78, 5) is 18.8. The molecule has 0 atom stereocenters. The molecule has 1 aliphatic rings. The second-order valence-corrected chi connectivity index (χ2v) is 10.0. The fraction of sp³-hybridized carbons (Fsp3) is 0.321. The lowest BCUT2D eigenvalue weighted by Gasteiger charge is -2.32. The van der Waals surface area contributed by atoms with E-state index in [1.807, 2.05) is 12.1 Å². The van der Waals surface area contributed by atoms with E-state index in [1.54, 1.807) is 30.6 Å². The van der Waals surface area contributed by atoms with Crippen molar-refractivity contribution < 1.29 is 19.4 Å². The predicted molar refractivity (Wildman–Crippen MR) is 139 cm³/mol.